The Labute approximate surface area is 123 Å². The largest absolute Gasteiger partial charge is 0.338 e. The van der Waals surface area contributed by atoms with Crippen molar-refractivity contribution in [3.63, 3.8) is 0 Å². The number of hydrogen-bond acceptors (Lipinski definition) is 5. The maximum Gasteiger partial charge on any atom is 0.108 e. The summed E-state index contributed by atoms with van der Waals surface area (Å²) in [6.45, 7) is 0. The summed E-state index contributed by atoms with van der Waals surface area (Å²) >= 11 is 0. The van der Waals surface area contributed by atoms with Gasteiger partial charge in [-0.05, 0) is 18.1 Å². The highest BCUT2D eigenvalue weighted by atomic mass is 15.2. The van der Waals surface area contributed by atoms with Gasteiger partial charge in [-0.1, -0.05) is 12.1 Å². The molecule has 6 nitrogen and oxygen atoms in total. The second-order valence-corrected chi connectivity index (χ2v) is 4.98. The number of hydrogen-bond donors (Lipinski definition) is 2. The number of fused-ring (bicyclic) bond motifs is 1. The molecule has 1 aromatic carbocycles. The van der Waals surface area contributed by atoms with E-state index in [9.17, 15) is 0 Å². The van der Waals surface area contributed by atoms with Crippen LogP contribution in [0.15, 0.2) is 43.0 Å². The van der Waals surface area contributed by atoms with E-state index in [-0.39, 0.29) is 6.04 Å². The van der Waals surface area contributed by atoms with E-state index in [4.69, 9.17) is 5.84 Å². The first kappa shape index (κ1) is 13.7. The molecule has 3 aromatic rings. The lowest BCUT2D eigenvalue weighted by molar-refractivity contribution is 0.508. The molecular weight excluding hydrogens is 264 g/mol. The van der Waals surface area contributed by atoms with E-state index in [0.717, 1.165) is 35.3 Å². The number of imidazole rings is 1. The zero-order valence-electron chi connectivity index (χ0n) is 11.9. The van der Waals surface area contributed by atoms with Crippen LogP contribution < -0.4 is 11.3 Å². The molecule has 3 rings (SSSR count). The predicted octanol–water partition coefficient (Wildman–Crippen LogP) is 1.50. The molecule has 0 aliphatic rings. The zero-order valence-corrected chi connectivity index (χ0v) is 11.9. The molecular formula is C15H18N6. The predicted molar refractivity (Wildman–Crippen MR) is 81.1 cm³/mol. The van der Waals surface area contributed by atoms with Crippen molar-refractivity contribution in [3.05, 3.63) is 54.4 Å². The van der Waals surface area contributed by atoms with E-state index < -0.39 is 0 Å². The molecule has 2 aromatic heterocycles. The topological polar surface area (TPSA) is 81.7 Å². The normalized spacial score (nSPS) is 12.7. The molecule has 3 N–H and O–H groups in total. The number of aryl methyl sites for hydroxylation is 2. The first-order valence-corrected chi connectivity index (χ1v) is 6.91. The van der Waals surface area contributed by atoms with Gasteiger partial charge in [-0.25, -0.2) is 4.98 Å². The first-order valence-electron chi connectivity index (χ1n) is 6.91. The van der Waals surface area contributed by atoms with Crippen LogP contribution in [0, 0.1) is 0 Å². The van der Waals surface area contributed by atoms with E-state index in [1.54, 1.807) is 12.4 Å². The number of para-hydroxylation sites is 1. The van der Waals surface area contributed by atoms with Crippen LogP contribution in [-0.4, -0.2) is 19.5 Å². The van der Waals surface area contributed by atoms with E-state index in [0.29, 0.717) is 0 Å². The van der Waals surface area contributed by atoms with Gasteiger partial charge in [0.2, 0.25) is 0 Å². The molecule has 0 aliphatic heterocycles. The lowest BCUT2D eigenvalue weighted by Crippen LogP contribution is -2.29. The molecule has 6 heteroatoms. The Bertz CT molecular complexity index is 730. The van der Waals surface area contributed by atoms with E-state index in [2.05, 4.69) is 20.4 Å². The van der Waals surface area contributed by atoms with Gasteiger partial charge in [0.1, 0.15) is 5.82 Å². The third-order valence-electron chi connectivity index (χ3n) is 3.68. The van der Waals surface area contributed by atoms with Crippen LogP contribution in [0.5, 0.6) is 0 Å². The summed E-state index contributed by atoms with van der Waals surface area (Å²) in [5.41, 5.74) is 5.73. The smallest absolute Gasteiger partial charge is 0.108 e. The number of nitrogens with one attached hydrogen (secondary N) is 1. The van der Waals surface area contributed by atoms with Crippen LogP contribution in [-0.2, 0) is 13.5 Å². The molecule has 1 atom stereocenters. The van der Waals surface area contributed by atoms with Crippen LogP contribution >= 0.6 is 0 Å². The highest BCUT2D eigenvalue weighted by Crippen LogP contribution is 2.24. The standard InChI is InChI=1S/C15H18N6/c1-21-10-9-18-14(21)6-5-12(20-16)11-3-2-4-13-15(11)19-8-7-17-13/h2-4,7-10,12,20H,5-6,16H2,1H3. The minimum absolute atomic E-state index is 0.0158. The number of benzene rings is 1. The average Bonchev–Trinajstić information content (AvgIpc) is 2.93. The number of rotatable bonds is 5. The molecule has 0 radical (unpaired) electrons. The van der Waals surface area contributed by atoms with Crippen molar-refractivity contribution >= 4 is 11.0 Å². The minimum atomic E-state index is 0.0158. The van der Waals surface area contributed by atoms with Crippen molar-refractivity contribution in [1.29, 1.82) is 0 Å². The fourth-order valence-electron chi connectivity index (χ4n) is 2.54. The fraction of sp³-hybridized carbons (Fsp3) is 0.267. The first-order chi connectivity index (χ1) is 10.3. The monoisotopic (exact) mass is 282 g/mol. The van der Waals surface area contributed by atoms with Gasteiger partial charge in [0.15, 0.2) is 0 Å². The van der Waals surface area contributed by atoms with Gasteiger partial charge < -0.3 is 4.57 Å². The van der Waals surface area contributed by atoms with Gasteiger partial charge in [-0.2, -0.15) is 0 Å². The van der Waals surface area contributed by atoms with Crippen LogP contribution in [0.4, 0.5) is 0 Å². The highest BCUT2D eigenvalue weighted by molar-refractivity contribution is 5.78. The Kier molecular flexibility index (Phi) is 3.89. The van der Waals surface area contributed by atoms with Gasteiger partial charge in [-0.3, -0.25) is 21.2 Å². The SMILES string of the molecule is Cn1ccnc1CCC(NN)c1cccc2nccnc12. The Morgan fingerprint density at radius 2 is 2.05 bits per heavy atom. The van der Waals surface area contributed by atoms with Gasteiger partial charge >= 0.3 is 0 Å². The van der Waals surface area contributed by atoms with E-state index in [1.807, 2.05) is 42.2 Å². The third kappa shape index (κ3) is 2.76. The molecule has 0 spiro atoms. The maximum absolute atomic E-state index is 5.75. The molecule has 0 saturated heterocycles. The van der Waals surface area contributed by atoms with E-state index >= 15 is 0 Å². The van der Waals surface area contributed by atoms with Crippen LogP contribution in [0.25, 0.3) is 11.0 Å². The second-order valence-electron chi connectivity index (χ2n) is 4.98. The van der Waals surface area contributed by atoms with Gasteiger partial charge in [0, 0.05) is 44.3 Å². The summed E-state index contributed by atoms with van der Waals surface area (Å²) in [6, 6.07) is 6.00. The van der Waals surface area contributed by atoms with Crippen molar-refractivity contribution in [3.8, 4) is 0 Å². The molecule has 1 unspecified atom stereocenters. The lowest BCUT2D eigenvalue weighted by Gasteiger charge is -2.17. The molecule has 0 amide bonds. The highest BCUT2D eigenvalue weighted by Gasteiger charge is 2.15. The zero-order chi connectivity index (χ0) is 14.7. The maximum atomic E-state index is 5.75. The van der Waals surface area contributed by atoms with Crippen LogP contribution in [0.1, 0.15) is 23.9 Å². The second kappa shape index (κ2) is 5.99. The fourth-order valence-corrected chi connectivity index (χ4v) is 2.54. The van der Waals surface area contributed by atoms with Crippen molar-refractivity contribution in [2.75, 3.05) is 0 Å². The van der Waals surface area contributed by atoms with Crippen molar-refractivity contribution in [1.82, 2.24) is 24.9 Å². The quantitative estimate of drug-likeness (QED) is 0.547. The van der Waals surface area contributed by atoms with Gasteiger partial charge in [0.25, 0.3) is 0 Å². The molecule has 0 saturated carbocycles. The van der Waals surface area contributed by atoms with Crippen LogP contribution in [0.2, 0.25) is 0 Å². The molecule has 108 valence electrons. The molecule has 0 fully saturated rings. The molecule has 0 aliphatic carbocycles. The Balaban J connectivity index is 1.86. The van der Waals surface area contributed by atoms with E-state index in [1.165, 1.54) is 0 Å². The number of hydrazine groups is 1. The summed E-state index contributed by atoms with van der Waals surface area (Å²) in [6.07, 6.45) is 8.85. The molecule has 2 heterocycles. The number of aromatic nitrogens is 4. The van der Waals surface area contributed by atoms with Crippen LogP contribution in [0.3, 0.4) is 0 Å². The number of nitrogens with two attached hydrogens (primary N) is 1. The Morgan fingerprint density at radius 1 is 1.19 bits per heavy atom. The van der Waals surface area contributed by atoms with Gasteiger partial charge in [-0.15, -0.1) is 0 Å². The summed E-state index contributed by atoms with van der Waals surface area (Å²) in [4.78, 5) is 13.1. The Morgan fingerprint density at radius 3 is 2.81 bits per heavy atom. The Hall–Kier alpha value is -2.31. The third-order valence-corrected chi connectivity index (χ3v) is 3.68. The van der Waals surface area contributed by atoms with Crippen molar-refractivity contribution < 1.29 is 0 Å². The summed E-state index contributed by atoms with van der Waals surface area (Å²) in [5.74, 6) is 6.79. The molecule has 21 heavy (non-hydrogen) atoms. The summed E-state index contributed by atoms with van der Waals surface area (Å²) < 4.78 is 2.02. The number of nitrogens with zero attached hydrogens (tertiary/aromatic N) is 4. The summed E-state index contributed by atoms with van der Waals surface area (Å²) in [5, 5.41) is 0. The average molecular weight is 282 g/mol. The lowest BCUT2D eigenvalue weighted by atomic mass is 10.0. The summed E-state index contributed by atoms with van der Waals surface area (Å²) in [7, 11) is 2.00. The molecule has 0 bridgehead atoms. The van der Waals surface area contributed by atoms with Gasteiger partial charge in [0.05, 0.1) is 11.0 Å². The van der Waals surface area contributed by atoms with Crippen molar-refractivity contribution in [2.45, 2.75) is 18.9 Å². The minimum Gasteiger partial charge on any atom is -0.338 e. The van der Waals surface area contributed by atoms with Crippen molar-refractivity contribution in [2.24, 2.45) is 12.9 Å².